The van der Waals surface area contributed by atoms with Crippen molar-refractivity contribution in [3.8, 4) is 17.1 Å². The number of carbonyl (C=O) groups is 1. The van der Waals surface area contributed by atoms with Crippen LogP contribution in [-0.2, 0) is 6.61 Å². The average molecular weight is 384 g/mol. The Hall–Kier alpha value is -3.93. The number of hydrogen-bond acceptors (Lipinski definition) is 4. The number of ether oxygens (including phenoxy) is 1. The highest BCUT2D eigenvalue weighted by molar-refractivity contribution is 6.04. The molecule has 0 aliphatic heterocycles. The topological polar surface area (TPSA) is 79.9 Å². The maximum absolute atomic E-state index is 12.5. The highest BCUT2D eigenvalue weighted by Crippen LogP contribution is 2.19. The molecule has 4 rings (SSSR count). The SMILES string of the molecule is Cc1nc(-c2ccc(NC(=O)c3ccc(OCc4ccccc4)cc3)cc2)n[nH]1. The lowest BCUT2D eigenvalue weighted by atomic mass is 10.1. The molecule has 1 aromatic heterocycles. The summed E-state index contributed by atoms with van der Waals surface area (Å²) >= 11 is 0. The smallest absolute Gasteiger partial charge is 0.255 e. The summed E-state index contributed by atoms with van der Waals surface area (Å²) in [7, 11) is 0. The number of anilines is 1. The molecular weight excluding hydrogens is 364 g/mol. The number of hydrogen-bond donors (Lipinski definition) is 2. The van der Waals surface area contributed by atoms with E-state index in [9.17, 15) is 4.79 Å². The molecule has 0 atom stereocenters. The van der Waals surface area contributed by atoms with Gasteiger partial charge in [0.25, 0.3) is 5.91 Å². The molecule has 0 radical (unpaired) electrons. The first-order valence-electron chi connectivity index (χ1n) is 9.25. The third-order valence-corrected chi connectivity index (χ3v) is 4.36. The van der Waals surface area contributed by atoms with E-state index in [1.54, 1.807) is 24.3 Å². The average Bonchev–Trinajstić information content (AvgIpc) is 3.20. The van der Waals surface area contributed by atoms with Crippen LogP contribution in [0.15, 0.2) is 78.9 Å². The third kappa shape index (κ3) is 4.68. The van der Waals surface area contributed by atoms with Gasteiger partial charge in [0.2, 0.25) is 0 Å². The third-order valence-electron chi connectivity index (χ3n) is 4.36. The van der Waals surface area contributed by atoms with E-state index in [2.05, 4.69) is 20.5 Å². The van der Waals surface area contributed by atoms with Gasteiger partial charge in [-0.25, -0.2) is 4.98 Å². The minimum absolute atomic E-state index is 0.180. The Bertz CT molecular complexity index is 1090. The van der Waals surface area contributed by atoms with Gasteiger partial charge in [-0.2, -0.15) is 5.10 Å². The lowest BCUT2D eigenvalue weighted by Crippen LogP contribution is -2.11. The monoisotopic (exact) mass is 384 g/mol. The molecule has 0 fully saturated rings. The number of H-pyrrole nitrogens is 1. The van der Waals surface area contributed by atoms with E-state index in [0.29, 0.717) is 23.7 Å². The number of aromatic amines is 1. The van der Waals surface area contributed by atoms with Gasteiger partial charge in [0, 0.05) is 16.8 Å². The molecule has 0 aliphatic carbocycles. The molecule has 1 amide bonds. The van der Waals surface area contributed by atoms with Crippen molar-refractivity contribution in [2.24, 2.45) is 0 Å². The highest BCUT2D eigenvalue weighted by atomic mass is 16.5. The molecule has 4 aromatic rings. The molecular formula is C23H20N4O2. The zero-order valence-electron chi connectivity index (χ0n) is 15.9. The van der Waals surface area contributed by atoms with Gasteiger partial charge >= 0.3 is 0 Å². The van der Waals surface area contributed by atoms with E-state index in [-0.39, 0.29) is 5.91 Å². The molecule has 1 heterocycles. The van der Waals surface area contributed by atoms with Gasteiger partial charge in [0.15, 0.2) is 5.82 Å². The van der Waals surface area contributed by atoms with E-state index in [1.807, 2.05) is 61.5 Å². The standard InChI is InChI=1S/C23H20N4O2/c1-16-24-22(27-26-16)18-7-11-20(12-8-18)25-23(28)19-9-13-21(14-10-19)29-15-17-5-3-2-4-6-17/h2-14H,15H2,1H3,(H,25,28)(H,24,26,27). The van der Waals surface area contributed by atoms with Crippen LogP contribution in [0.25, 0.3) is 11.4 Å². The quantitative estimate of drug-likeness (QED) is 0.509. The summed E-state index contributed by atoms with van der Waals surface area (Å²) in [6.07, 6.45) is 0. The van der Waals surface area contributed by atoms with E-state index in [1.165, 1.54) is 0 Å². The van der Waals surface area contributed by atoms with Gasteiger partial charge in [-0.3, -0.25) is 9.89 Å². The van der Waals surface area contributed by atoms with Crippen molar-refractivity contribution in [2.75, 3.05) is 5.32 Å². The van der Waals surface area contributed by atoms with Crippen LogP contribution in [0.5, 0.6) is 5.75 Å². The van der Waals surface area contributed by atoms with Crippen molar-refractivity contribution in [1.82, 2.24) is 15.2 Å². The van der Waals surface area contributed by atoms with Crippen molar-refractivity contribution in [1.29, 1.82) is 0 Å². The summed E-state index contributed by atoms with van der Waals surface area (Å²) < 4.78 is 5.76. The highest BCUT2D eigenvalue weighted by Gasteiger charge is 2.08. The van der Waals surface area contributed by atoms with Gasteiger partial charge < -0.3 is 10.1 Å². The van der Waals surface area contributed by atoms with Crippen LogP contribution >= 0.6 is 0 Å². The number of amides is 1. The minimum atomic E-state index is -0.180. The Balaban J connectivity index is 1.35. The molecule has 6 nitrogen and oxygen atoms in total. The van der Waals surface area contributed by atoms with Crippen molar-refractivity contribution < 1.29 is 9.53 Å². The summed E-state index contributed by atoms with van der Waals surface area (Å²) in [5, 5.41) is 9.84. The molecule has 0 bridgehead atoms. The number of benzene rings is 3. The number of aryl methyl sites for hydroxylation is 1. The van der Waals surface area contributed by atoms with Crippen LogP contribution in [0.4, 0.5) is 5.69 Å². The first-order chi connectivity index (χ1) is 14.2. The van der Waals surface area contributed by atoms with Gasteiger partial charge in [0.1, 0.15) is 18.2 Å². The van der Waals surface area contributed by atoms with E-state index in [0.717, 1.165) is 22.7 Å². The number of aromatic nitrogens is 3. The largest absolute Gasteiger partial charge is 0.489 e. The van der Waals surface area contributed by atoms with Crippen molar-refractivity contribution in [3.05, 3.63) is 95.8 Å². The van der Waals surface area contributed by atoms with Crippen molar-refractivity contribution in [3.63, 3.8) is 0 Å². The molecule has 0 unspecified atom stereocenters. The number of nitrogens with zero attached hydrogens (tertiary/aromatic N) is 2. The van der Waals surface area contributed by atoms with Crippen molar-refractivity contribution in [2.45, 2.75) is 13.5 Å². The summed E-state index contributed by atoms with van der Waals surface area (Å²) in [5.41, 5.74) is 3.24. The zero-order valence-corrected chi connectivity index (χ0v) is 15.9. The fourth-order valence-corrected chi connectivity index (χ4v) is 2.82. The Morgan fingerprint density at radius 3 is 2.34 bits per heavy atom. The predicted molar refractivity (Wildman–Crippen MR) is 112 cm³/mol. The van der Waals surface area contributed by atoms with Gasteiger partial charge in [-0.15, -0.1) is 0 Å². The fourth-order valence-electron chi connectivity index (χ4n) is 2.82. The summed E-state index contributed by atoms with van der Waals surface area (Å²) in [4.78, 5) is 16.8. The predicted octanol–water partition coefficient (Wildman–Crippen LogP) is 4.61. The molecule has 0 saturated heterocycles. The number of nitrogens with one attached hydrogen (secondary N) is 2. The maximum Gasteiger partial charge on any atom is 0.255 e. The Labute approximate surface area is 168 Å². The molecule has 6 heteroatoms. The molecule has 0 saturated carbocycles. The maximum atomic E-state index is 12.5. The number of rotatable bonds is 6. The van der Waals surface area contributed by atoms with E-state index in [4.69, 9.17) is 4.74 Å². The van der Waals surface area contributed by atoms with Crippen LogP contribution in [-0.4, -0.2) is 21.1 Å². The van der Waals surface area contributed by atoms with Crippen molar-refractivity contribution >= 4 is 11.6 Å². The summed E-state index contributed by atoms with van der Waals surface area (Å²) in [5.74, 6) is 1.93. The van der Waals surface area contributed by atoms with Gasteiger partial charge in [-0.05, 0) is 61.0 Å². The second kappa shape index (κ2) is 8.39. The zero-order chi connectivity index (χ0) is 20.1. The van der Waals surface area contributed by atoms with E-state index >= 15 is 0 Å². The first kappa shape index (κ1) is 18.4. The molecule has 29 heavy (non-hydrogen) atoms. The van der Waals surface area contributed by atoms with Gasteiger partial charge in [0.05, 0.1) is 0 Å². The van der Waals surface area contributed by atoms with Gasteiger partial charge in [-0.1, -0.05) is 30.3 Å². The number of carbonyl (C=O) groups excluding carboxylic acids is 1. The molecule has 0 aliphatic rings. The van der Waals surface area contributed by atoms with Crippen LogP contribution in [0, 0.1) is 6.92 Å². The second-order valence-electron chi connectivity index (χ2n) is 6.57. The Morgan fingerprint density at radius 1 is 0.966 bits per heavy atom. The first-order valence-corrected chi connectivity index (χ1v) is 9.25. The fraction of sp³-hybridized carbons (Fsp3) is 0.0870. The Kier molecular flexibility index (Phi) is 5.33. The second-order valence-corrected chi connectivity index (χ2v) is 6.57. The molecule has 0 spiro atoms. The molecule has 3 aromatic carbocycles. The van der Waals surface area contributed by atoms with Crippen LogP contribution in [0.2, 0.25) is 0 Å². The van der Waals surface area contributed by atoms with E-state index < -0.39 is 0 Å². The lowest BCUT2D eigenvalue weighted by molar-refractivity contribution is 0.102. The minimum Gasteiger partial charge on any atom is -0.489 e. The van der Waals surface area contributed by atoms with Crippen LogP contribution in [0.1, 0.15) is 21.7 Å². The Morgan fingerprint density at radius 2 is 1.69 bits per heavy atom. The molecule has 144 valence electrons. The lowest BCUT2D eigenvalue weighted by Gasteiger charge is -2.08. The van der Waals surface area contributed by atoms with Crippen LogP contribution < -0.4 is 10.1 Å². The normalized spacial score (nSPS) is 10.5. The molecule has 2 N–H and O–H groups in total. The van der Waals surface area contributed by atoms with Crippen LogP contribution in [0.3, 0.4) is 0 Å². The summed E-state index contributed by atoms with van der Waals surface area (Å²) in [6, 6.07) is 24.5. The summed E-state index contributed by atoms with van der Waals surface area (Å²) in [6.45, 7) is 2.34.